The van der Waals surface area contributed by atoms with E-state index >= 15 is 0 Å². The van der Waals surface area contributed by atoms with Gasteiger partial charge in [0.1, 0.15) is 28.8 Å². The third-order valence-corrected chi connectivity index (χ3v) is 5.37. The maximum atomic E-state index is 13.1. The van der Waals surface area contributed by atoms with Gasteiger partial charge >= 0.3 is 5.97 Å². The van der Waals surface area contributed by atoms with E-state index in [1.165, 1.54) is 12.1 Å². The van der Waals surface area contributed by atoms with Crippen LogP contribution in [0.25, 0.3) is 0 Å². The van der Waals surface area contributed by atoms with Gasteiger partial charge in [0.2, 0.25) is 0 Å². The molecule has 3 aromatic carbocycles. The Kier molecular flexibility index (Phi) is 10.6. The molecule has 0 radical (unpaired) electrons. The maximum absolute atomic E-state index is 13.1. The second kappa shape index (κ2) is 14.1. The molecule has 7 heteroatoms. The van der Waals surface area contributed by atoms with Crippen molar-refractivity contribution >= 4 is 5.97 Å². The molecule has 0 aliphatic rings. The van der Waals surface area contributed by atoms with Crippen molar-refractivity contribution < 1.29 is 33.2 Å². The third kappa shape index (κ3) is 8.27. The van der Waals surface area contributed by atoms with Gasteiger partial charge in [-0.1, -0.05) is 25.5 Å². The van der Waals surface area contributed by atoms with Crippen LogP contribution < -0.4 is 14.2 Å². The highest BCUT2D eigenvalue weighted by Gasteiger charge is 2.18. The highest BCUT2D eigenvalue weighted by molar-refractivity contribution is 5.76. The number of rotatable bonds is 14. The van der Waals surface area contributed by atoms with Crippen LogP contribution in [0.1, 0.15) is 50.3 Å². The fourth-order valence-electron chi connectivity index (χ4n) is 3.54. The van der Waals surface area contributed by atoms with Gasteiger partial charge in [-0.25, -0.2) is 9.18 Å². The molecule has 1 N–H and O–H groups in total. The monoisotopic (exact) mass is 496 g/mol. The van der Waals surface area contributed by atoms with E-state index in [0.29, 0.717) is 36.0 Å². The van der Waals surface area contributed by atoms with E-state index in [1.54, 1.807) is 43.3 Å². The molecule has 6 nitrogen and oxygen atoms in total. The van der Waals surface area contributed by atoms with Gasteiger partial charge in [-0.2, -0.15) is 0 Å². The first-order valence-corrected chi connectivity index (χ1v) is 12.3. The van der Waals surface area contributed by atoms with Crippen molar-refractivity contribution in [3.05, 3.63) is 83.7 Å². The molecular formula is C29H33FO6. The molecule has 0 aromatic heterocycles. The summed E-state index contributed by atoms with van der Waals surface area (Å²) in [6.45, 7) is 5.11. The Labute approximate surface area is 211 Å². The van der Waals surface area contributed by atoms with E-state index in [9.17, 15) is 14.3 Å². The smallest absolute Gasteiger partial charge is 0.339 e. The van der Waals surface area contributed by atoms with E-state index in [2.05, 4.69) is 6.92 Å². The largest absolute Gasteiger partial charge is 0.494 e. The van der Waals surface area contributed by atoms with E-state index in [4.69, 9.17) is 18.9 Å². The lowest BCUT2D eigenvalue weighted by Crippen LogP contribution is -2.15. The maximum Gasteiger partial charge on any atom is 0.339 e. The molecule has 1 unspecified atom stereocenters. The van der Waals surface area contributed by atoms with Gasteiger partial charge in [-0.05, 0) is 91.9 Å². The quantitative estimate of drug-likeness (QED) is 0.205. The SMILES string of the molecule is CCCc1cc(Oc2ccc(F)cc2)ccc1OCCCCOc1ccc(C(O)C(=O)OCC)cc1. The Morgan fingerprint density at radius 1 is 0.861 bits per heavy atom. The van der Waals surface area contributed by atoms with Crippen LogP contribution in [0.3, 0.4) is 0 Å². The van der Waals surface area contributed by atoms with Gasteiger partial charge < -0.3 is 24.1 Å². The van der Waals surface area contributed by atoms with Crippen LogP contribution in [0, 0.1) is 5.82 Å². The van der Waals surface area contributed by atoms with Crippen molar-refractivity contribution in [2.24, 2.45) is 0 Å². The molecule has 0 bridgehead atoms. The number of carbonyl (C=O) groups is 1. The van der Waals surface area contributed by atoms with Crippen LogP contribution in [-0.4, -0.2) is 30.9 Å². The Hall–Kier alpha value is -3.58. The number of carbonyl (C=O) groups excluding carboxylic acids is 1. The van der Waals surface area contributed by atoms with Gasteiger partial charge in [0, 0.05) is 0 Å². The number of halogens is 1. The predicted molar refractivity (Wildman–Crippen MR) is 135 cm³/mol. The topological polar surface area (TPSA) is 74.2 Å². The second-order valence-electron chi connectivity index (χ2n) is 8.20. The fraction of sp³-hybridized carbons (Fsp3) is 0.345. The molecule has 0 spiro atoms. The lowest BCUT2D eigenvalue weighted by Gasteiger charge is -2.14. The number of ether oxygens (including phenoxy) is 4. The van der Waals surface area contributed by atoms with E-state index in [0.717, 1.165) is 37.0 Å². The van der Waals surface area contributed by atoms with E-state index < -0.39 is 12.1 Å². The van der Waals surface area contributed by atoms with Crippen molar-refractivity contribution in [3.63, 3.8) is 0 Å². The van der Waals surface area contributed by atoms with Crippen LogP contribution >= 0.6 is 0 Å². The zero-order chi connectivity index (χ0) is 25.8. The van der Waals surface area contributed by atoms with Gasteiger partial charge in [-0.3, -0.25) is 0 Å². The third-order valence-electron chi connectivity index (χ3n) is 5.37. The first kappa shape index (κ1) is 27.0. The number of unbranched alkanes of at least 4 members (excludes halogenated alkanes) is 1. The average Bonchev–Trinajstić information content (AvgIpc) is 2.89. The van der Waals surface area contributed by atoms with Crippen molar-refractivity contribution in [3.8, 4) is 23.0 Å². The normalized spacial score (nSPS) is 11.6. The minimum absolute atomic E-state index is 0.220. The molecule has 0 heterocycles. The van der Waals surface area contributed by atoms with Crippen molar-refractivity contribution in [2.45, 2.75) is 45.6 Å². The van der Waals surface area contributed by atoms with Gasteiger partial charge in [0.25, 0.3) is 0 Å². The Morgan fingerprint density at radius 2 is 1.50 bits per heavy atom. The Balaban J connectivity index is 1.42. The molecule has 3 aromatic rings. The molecular weight excluding hydrogens is 463 g/mol. The summed E-state index contributed by atoms with van der Waals surface area (Å²) in [5.74, 6) is 1.80. The Bertz CT molecular complexity index is 1080. The summed E-state index contributed by atoms with van der Waals surface area (Å²) in [7, 11) is 0. The van der Waals surface area contributed by atoms with Crippen molar-refractivity contribution in [2.75, 3.05) is 19.8 Å². The number of esters is 1. The van der Waals surface area contributed by atoms with E-state index in [1.807, 2.05) is 18.2 Å². The number of aliphatic hydroxyl groups excluding tert-OH is 1. The molecule has 0 amide bonds. The first-order valence-electron chi connectivity index (χ1n) is 12.3. The second-order valence-corrected chi connectivity index (χ2v) is 8.20. The number of benzene rings is 3. The summed E-state index contributed by atoms with van der Waals surface area (Å²) in [6.07, 6.45) is 2.17. The molecule has 36 heavy (non-hydrogen) atoms. The van der Waals surface area contributed by atoms with Gasteiger partial charge in [-0.15, -0.1) is 0 Å². The molecule has 0 fully saturated rings. The molecule has 0 saturated heterocycles. The summed E-state index contributed by atoms with van der Waals surface area (Å²) in [5, 5.41) is 9.97. The number of aliphatic hydroxyl groups is 1. The van der Waals surface area contributed by atoms with Gasteiger partial charge in [0.15, 0.2) is 6.10 Å². The highest BCUT2D eigenvalue weighted by atomic mass is 19.1. The van der Waals surface area contributed by atoms with Crippen LogP contribution in [0.5, 0.6) is 23.0 Å². The molecule has 192 valence electrons. The number of aryl methyl sites for hydroxylation is 1. The van der Waals surface area contributed by atoms with Crippen molar-refractivity contribution in [1.29, 1.82) is 0 Å². The highest BCUT2D eigenvalue weighted by Crippen LogP contribution is 2.29. The van der Waals surface area contributed by atoms with Crippen LogP contribution in [0.15, 0.2) is 66.7 Å². The van der Waals surface area contributed by atoms with Gasteiger partial charge in [0.05, 0.1) is 19.8 Å². The average molecular weight is 497 g/mol. The molecule has 0 saturated carbocycles. The minimum atomic E-state index is -1.29. The summed E-state index contributed by atoms with van der Waals surface area (Å²) in [5.41, 5.74) is 1.53. The number of hydrogen-bond donors (Lipinski definition) is 1. The zero-order valence-corrected chi connectivity index (χ0v) is 20.7. The van der Waals surface area contributed by atoms with E-state index in [-0.39, 0.29) is 12.4 Å². The number of hydrogen-bond acceptors (Lipinski definition) is 6. The van der Waals surface area contributed by atoms with Crippen LogP contribution in [0.4, 0.5) is 4.39 Å². The molecule has 0 aliphatic heterocycles. The van der Waals surface area contributed by atoms with Crippen molar-refractivity contribution in [1.82, 2.24) is 0 Å². The molecule has 0 aliphatic carbocycles. The standard InChI is InChI=1S/C29H33FO6/c1-3-7-22-20-26(36-25-14-10-23(30)11-15-25)16-17-27(22)35-19-6-5-18-34-24-12-8-21(9-13-24)28(31)29(32)33-4-2/h8-17,20,28,31H,3-7,18-19H2,1-2H3. The Morgan fingerprint density at radius 3 is 2.17 bits per heavy atom. The summed E-state index contributed by atoms with van der Waals surface area (Å²) in [4.78, 5) is 11.6. The van der Waals surface area contributed by atoms with Crippen LogP contribution in [-0.2, 0) is 16.0 Å². The van der Waals surface area contributed by atoms with Crippen LogP contribution in [0.2, 0.25) is 0 Å². The zero-order valence-electron chi connectivity index (χ0n) is 20.7. The predicted octanol–water partition coefficient (Wildman–Crippen LogP) is 6.41. The minimum Gasteiger partial charge on any atom is -0.494 e. The summed E-state index contributed by atoms with van der Waals surface area (Å²) in [6, 6.07) is 18.4. The lowest BCUT2D eigenvalue weighted by molar-refractivity contribution is -0.153. The fourth-order valence-corrected chi connectivity index (χ4v) is 3.54. The molecule has 3 rings (SSSR count). The first-order chi connectivity index (χ1) is 17.5. The lowest BCUT2D eigenvalue weighted by atomic mass is 10.1. The summed E-state index contributed by atoms with van der Waals surface area (Å²) >= 11 is 0. The molecule has 1 atom stereocenters. The summed E-state index contributed by atoms with van der Waals surface area (Å²) < 4.78 is 35.5.